The maximum atomic E-state index is 11.0. The van der Waals surface area contributed by atoms with Crippen LogP contribution >= 0.6 is 15.9 Å². The largest absolute Gasteiger partial charge is 0.369 e. The van der Waals surface area contributed by atoms with Crippen molar-refractivity contribution in [1.29, 1.82) is 0 Å². The topological polar surface area (TPSA) is 82.8 Å². The molecule has 1 aliphatic rings. The molecule has 0 radical (unpaired) electrons. The second-order valence-corrected chi connectivity index (χ2v) is 7.07. The van der Waals surface area contributed by atoms with E-state index in [1.807, 2.05) is 0 Å². The Kier molecular flexibility index (Phi) is 7.05. The summed E-state index contributed by atoms with van der Waals surface area (Å²) in [4.78, 5) is 17.4. The molecule has 1 aliphatic heterocycles. The summed E-state index contributed by atoms with van der Waals surface area (Å²) in [6, 6.07) is 6.64. The minimum atomic E-state index is -0.260. The second kappa shape index (κ2) is 9.03. The van der Waals surface area contributed by atoms with Crippen molar-refractivity contribution in [2.75, 3.05) is 26.7 Å². The molecule has 1 saturated heterocycles. The van der Waals surface area contributed by atoms with Crippen LogP contribution in [0.15, 0.2) is 27.7 Å². The molecule has 0 aliphatic carbocycles. The van der Waals surface area contributed by atoms with Gasteiger partial charge in [-0.15, -0.1) is 0 Å². The first-order valence-corrected chi connectivity index (χ1v) is 9.00. The number of halogens is 1. The van der Waals surface area contributed by atoms with Gasteiger partial charge in [0.1, 0.15) is 0 Å². The van der Waals surface area contributed by atoms with Gasteiger partial charge in [-0.2, -0.15) is 0 Å². The van der Waals surface area contributed by atoms with Crippen molar-refractivity contribution in [1.82, 2.24) is 15.5 Å². The van der Waals surface area contributed by atoms with E-state index in [2.05, 4.69) is 61.6 Å². The summed E-state index contributed by atoms with van der Waals surface area (Å²) in [5.41, 5.74) is 7.74. The molecule has 0 saturated carbocycles. The number of primary amides is 1. The number of nitrogens with zero attached hydrogens (tertiary/aromatic N) is 2. The number of likely N-dealkylation sites (tertiary alicyclic amines) is 1. The predicted octanol–water partition coefficient (Wildman–Crippen LogP) is 1.37. The Bertz CT molecular complexity index is 597. The van der Waals surface area contributed by atoms with Crippen LogP contribution in [0.4, 0.5) is 0 Å². The normalized spacial score (nSPS) is 16.9. The first kappa shape index (κ1) is 18.7. The number of guanidine groups is 1. The number of amides is 1. The number of aliphatic imine (C=N–C) groups is 1. The van der Waals surface area contributed by atoms with Gasteiger partial charge in [-0.25, -0.2) is 0 Å². The summed E-state index contributed by atoms with van der Waals surface area (Å²) >= 11 is 3.49. The molecule has 1 amide bonds. The Balaban J connectivity index is 1.80. The molecular weight excluding hydrogens is 370 g/mol. The maximum Gasteiger partial charge on any atom is 0.231 e. The van der Waals surface area contributed by atoms with Crippen molar-refractivity contribution in [2.45, 2.75) is 32.4 Å². The molecule has 7 heteroatoms. The SMILES string of the molecule is CN=C(NCc1ccc(Br)cc1C)NC1CCN(CC(N)=O)CC1. The van der Waals surface area contributed by atoms with Gasteiger partial charge in [0.2, 0.25) is 5.91 Å². The number of nitrogens with two attached hydrogens (primary N) is 1. The van der Waals surface area contributed by atoms with Gasteiger partial charge in [0.15, 0.2) is 5.96 Å². The van der Waals surface area contributed by atoms with Crippen LogP contribution in [-0.4, -0.2) is 49.5 Å². The molecule has 1 aromatic carbocycles. The fraction of sp³-hybridized carbons (Fsp3) is 0.529. The average Bonchev–Trinajstić information content (AvgIpc) is 2.54. The third-order valence-corrected chi connectivity index (χ3v) is 4.78. The van der Waals surface area contributed by atoms with Crippen LogP contribution in [0.5, 0.6) is 0 Å². The summed E-state index contributed by atoms with van der Waals surface area (Å²) in [5, 5.41) is 6.84. The minimum absolute atomic E-state index is 0.260. The molecule has 0 spiro atoms. The average molecular weight is 396 g/mol. The monoisotopic (exact) mass is 395 g/mol. The summed E-state index contributed by atoms with van der Waals surface area (Å²) in [7, 11) is 1.78. The minimum Gasteiger partial charge on any atom is -0.369 e. The van der Waals surface area contributed by atoms with Gasteiger partial charge >= 0.3 is 0 Å². The summed E-state index contributed by atoms with van der Waals surface area (Å²) < 4.78 is 1.09. The standard InChI is InChI=1S/C17H26BrN5O/c1-12-9-14(18)4-3-13(12)10-21-17(20-2)22-15-5-7-23(8-6-15)11-16(19)24/h3-4,9,15H,5-8,10-11H2,1-2H3,(H2,19,24)(H2,20,21,22). The van der Waals surface area contributed by atoms with Crippen LogP contribution in [0, 0.1) is 6.92 Å². The zero-order valence-electron chi connectivity index (χ0n) is 14.3. The third kappa shape index (κ3) is 5.79. The van der Waals surface area contributed by atoms with E-state index in [-0.39, 0.29) is 5.91 Å². The Morgan fingerprint density at radius 2 is 2.12 bits per heavy atom. The van der Waals surface area contributed by atoms with Gasteiger partial charge in [0.05, 0.1) is 6.54 Å². The molecule has 24 heavy (non-hydrogen) atoms. The van der Waals surface area contributed by atoms with Gasteiger partial charge in [0.25, 0.3) is 0 Å². The van der Waals surface area contributed by atoms with Crippen LogP contribution in [0.25, 0.3) is 0 Å². The van der Waals surface area contributed by atoms with Crippen LogP contribution in [0.3, 0.4) is 0 Å². The lowest BCUT2D eigenvalue weighted by molar-refractivity contribution is -0.119. The maximum absolute atomic E-state index is 11.0. The van der Waals surface area contributed by atoms with Crippen molar-refractivity contribution in [2.24, 2.45) is 10.7 Å². The summed E-state index contributed by atoms with van der Waals surface area (Å²) in [6.45, 7) is 4.95. The van der Waals surface area contributed by atoms with Gasteiger partial charge in [0, 0.05) is 37.2 Å². The molecule has 132 valence electrons. The highest BCUT2D eigenvalue weighted by Crippen LogP contribution is 2.15. The highest BCUT2D eigenvalue weighted by atomic mass is 79.9. The molecule has 2 rings (SSSR count). The molecule has 6 nitrogen and oxygen atoms in total. The Labute approximate surface area is 152 Å². The van der Waals surface area contributed by atoms with Gasteiger partial charge in [-0.1, -0.05) is 22.0 Å². The lowest BCUT2D eigenvalue weighted by atomic mass is 10.1. The van der Waals surface area contributed by atoms with E-state index in [1.54, 1.807) is 7.05 Å². The van der Waals surface area contributed by atoms with Crippen molar-refractivity contribution < 1.29 is 4.79 Å². The van der Waals surface area contributed by atoms with E-state index in [0.717, 1.165) is 42.9 Å². The Morgan fingerprint density at radius 3 is 2.71 bits per heavy atom. The number of carbonyl (C=O) groups is 1. The van der Waals surface area contributed by atoms with Gasteiger partial charge in [-0.05, 0) is 43.0 Å². The van der Waals surface area contributed by atoms with Crippen molar-refractivity contribution >= 4 is 27.8 Å². The number of nitrogens with one attached hydrogen (secondary N) is 2. The summed E-state index contributed by atoms with van der Waals surface area (Å²) in [5.74, 6) is 0.550. The van der Waals surface area contributed by atoms with E-state index in [0.29, 0.717) is 12.6 Å². The van der Waals surface area contributed by atoms with E-state index < -0.39 is 0 Å². The zero-order valence-corrected chi connectivity index (χ0v) is 15.9. The second-order valence-electron chi connectivity index (χ2n) is 6.16. The lowest BCUT2D eigenvalue weighted by Crippen LogP contribution is -2.49. The van der Waals surface area contributed by atoms with Crippen molar-refractivity contribution in [3.05, 3.63) is 33.8 Å². The van der Waals surface area contributed by atoms with E-state index in [9.17, 15) is 4.79 Å². The number of rotatable bonds is 5. The van der Waals surface area contributed by atoms with Crippen LogP contribution in [0.1, 0.15) is 24.0 Å². The lowest BCUT2D eigenvalue weighted by Gasteiger charge is -2.32. The van der Waals surface area contributed by atoms with E-state index >= 15 is 0 Å². The van der Waals surface area contributed by atoms with Crippen LogP contribution < -0.4 is 16.4 Å². The first-order chi connectivity index (χ1) is 11.5. The number of hydrogen-bond acceptors (Lipinski definition) is 3. The van der Waals surface area contributed by atoms with Crippen molar-refractivity contribution in [3.63, 3.8) is 0 Å². The van der Waals surface area contributed by atoms with Gasteiger partial charge in [-0.3, -0.25) is 14.7 Å². The first-order valence-electron chi connectivity index (χ1n) is 8.21. The molecule has 1 fully saturated rings. The fourth-order valence-corrected chi connectivity index (χ4v) is 3.36. The predicted molar refractivity (Wildman–Crippen MR) is 101 cm³/mol. The molecule has 0 atom stereocenters. The molecule has 4 N–H and O–H groups in total. The highest BCUT2D eigenvalue weighted by molar-refractivity contribution is 9.10. The third-order valence-electron chi connectivity index (χ3n) is 4.28. The van der Waals surface area contributed by atoms with Crippen LogP contribution in [0.2, 0.25) is 0 Å². The number of benzene rings is 1. The van der Waals surface area contributed by atoms with E-state index in [4.69, 9.17) is 5.73 Å². The fourth-order valence-electron chi connectivity index (χ4n) is 2.88. The Hall–Kier alpha value is -1.60. The molecule has 1 aromatic rings. The number of carbonyl (C=O) groups excluding carboxylic acids is 1. The smallest absolute Gasteiger partial charge is 0.231 e. The molecule has 0 unspecified atom stereocenters. The van der Waals surface area contributed by atoms with Crippen LogP contribution in [-0.2, 0) is 11.3 Å². The van der Waals surface area contributed by atoms with Gasteiger partial charge < -0.3 is 16.4 Å². The zero-order chi connectivity index (χ0) is 17.5. The highest BCUT2D eigenvalue weighted by Gasteiger charge is 2.20. The quantitative estimate of drug-likeness (QED) is 0.519. The van der Waals surface area contributed by atoms with E-state index in [1.165, 1.54) is 11.1 Å². The molecular formula is C17H26BrN5O. The van der Waals surface area contributed by atoms with Crippen molar-refractivity contribution in [3.8, 4) is 0 Å². The summed E-state index contributed by atoms with van der Waals surface area (Å²) in [6.07, 6.45) is 1.95. The molecule has 0 bridgehead atoms. The number of piperidine rings is 1. The molecule has 1 heterocycles. The number of hydrogen-bond donors (Lipinski definition) is 3. The Morgan fingerprint density at radius 1 is 1.42 bits per heavy atom. The molecule has 0 aromatic heterocycles. The number of aryl methyl sites for hydroxylation is 1.